The van der Waals surface area contributed by atoms with Crippen molar-refractivity contribution in [2.75, 3.05) is 0 Å². The number of aromatic carboxylic acids is 1. The molecule has 0 saturated carbocycles. The predicted molar refractivity (Wildman–Crippen MR) is 76.1 cm³/mol. The molecule has 1 N–H and O–H groups in total. The van der Waals surface area contributed by atoms with Gasteiger partial charge in [0.2, 0.25) is 0 Å². The summed E-state index contributed by atoms with van der Waals surface area (Å²) in [6.07, 6.45) is 1.44. The Balaban J connectivity index is 1.84. The Hall–Kier alpha value is -2.67. The number of aromatic nitrogens is 2. The number of para-hydroxylation sites is 2. The minimum atomic E-state index is -1.76. The van der Waals surface area contributed by atoms with E-state index in [-0.39, 0.29) is 5.56 Å². The van der Waals surface area contributed by atoms with Crippen molar-refractivity contribution in [1.82, 2.24) is 9.71 Å². The molecule has 0 amide bonds. The van der Waals surface area contributed by atoms with Crippen LogP contribution in [0.15, 0.2) is 59.8 Å². The van der Waals surface area contributed by atoms with Crippen LogP contribution in [0.5, 0.6) is 0 Å². The van der Waals surface area contributed by atoms with E-state index in [1.165, 1.54) is 35.3 Å². The lowest BCUT2D eigenvalue weighted by Crippen LogP contribution is -2.13. The van der Waals surface area contributed by atoms with Crippen LogP contribution >= 0.6 is 0 Å². The van der Waals surface area contributed by atoms with Gasteiger partial charge in [0.1, 0.15) is 11.8 Å². The van der Waals surface area contributed by atoms with Crippen molar-refractivity contribution in [2.24, 2.45) is 0 Å². The van der Waals surface area contributed by atoms with Gasteiger partial charge >= 0.3 is 5.97 Å². The van der Waals surface area contributed by atoms with E-state index < -0.39 is 17.0 Å². The third-order valence-corrected chi connectivity index (χ3v) is 3.82. The molecule has 106 valence electrons. The fourth-order valence-corrected chi connectivity index (χ4v) is 2.53. The molecule has 21 heavy (non-hydrogen) atoms. The maximum Gasteiger partial charge on any atom is 0.335 e. The van der Waals surface area contributed by atoms with Gasteiger partial charge < -0.3 is 9.39 Å². The van der Waals surface area contributed by atoms with Gasteiger partial charge in [0, 0.05) is 0 Å². The van der Waals surface area contributed by atoms with Crippen molar-refractivity contribution in [1.29, 1.82) is 0 Å². The van der Waals surface area contributed by atoms with Gasteiger partial charge in [-0.25, -0.2) is 14.0 Å². The van der Waals surface area contributed by atoms with E-state index in [4.69, 9.17) is 9.39 Å². The number of imidazole rings is 1. The summed E-state index contributed by atoms with van der Waals surface area (Å²) in [6, 6.07) is 13.0. The van der Waals surface area contributed by atoms with E-state index in [9.17, 15) is 9.00 Å². The average Bonchev–Trinajstić information content (AvgIpc) is 2.91. The molecule has 0 bridgehead atoms. The Morgan fingerprint density at radius 1 is 1.14 bits per heavy atom. The van der Waals surface area contributed by atoms with Gasteiger partial charge in [0.05, 0.1) is 16.0 Å². The molecule has 0 saturated heterocycles. The summed E-state index contributed by atoms with van der Waals surface area (Å²) in [5.74, 6) is -1.03. The lowest BCUT2D eigenvalue weighted by Gasteiger charge is -2.05. The normalized spacial score (nSPS) is 12.2. The molecule has 0 aliphatic carbocycles. The summed E-state index contributed by atoms with van der Waals surface area (Å²) in [4.78, 5) is 15.3. The lowest BCUT2D eigenvalue weighted by atomic mass is 10.2. The molecular weight excluding hydrogens is 292 g/mol. The standard InChI is InChI=1S/C14H10N2O4S/c17-14(18)10-5-7-11(8-6-10)21(19)20-16-9-15-12-3-1-2-4-13(12)16/h1-9H,(H,17,18). The first kappa shape index (κ1) is 13.3. The summed E-state index contributed by atoms with van der Waals surface area (Å²) in [5, 5.41) is 8.82. The molecular formula is C14H10N2O4S. The maximum absolute atomic E-state index is 12.1. The molecule has 2 aromatic carbocycles. The van der Waals surface area contributed by atoms with E-state index >= 15 is 0 Å². The number of benzene rings is 2. The quantitative estimate of drug-likeness (QED) is 0.796. The van der Waals surface area contributed by atoms with Crippen LogP contribution in [0.3, 0.4) is 0 Å². The van der Waals surface area contributed by atoms with Gasteiger partial charge in [0.15, 0.2) is 0 Å². The van der Waals surface area contributed by atoms with Crippen molar-refractivity contribution >= 4 is 28.1 Å². The fraction of sp³-hybridized carbons (Fsp3) is 0. The Morgan fingerprint density at radius 2 is 1.86 bits per heavy atom. The molecule has 6 nitrogen and oxygen atoms in total. The van der Waals surface area contributed by atoms with Crippen LogP contribution in [0.2, 0.25) is 0 Å². The number of carbonyl (C=O) groups is 1. The summed E-state index contributed by atoms with van der Waals surface area (Å²) >= 11 is -1.76. The van der Waals surface area contributed by atoms with Gasteiger partial charge in [-0.3, -0.25) is 0 Å². The first-order chi connectivity index (χ1) is 10.1. The van der Waals surface area contributed by atoms with Gasteiger partial charge in [-0.2, -0.15) is 4.73 Å². The van der Waals surface area contributed by atoms with Crippen LogP contribution in [0.4, 0.5) is 0 Å². The molecule has 7 heteroatoms. The summed E-state index contributed by atoms with van der Waals surface area (Å²) in [7, 11) is 0. The highest BCUT2D eigenvalue weighted by Crippen LogP contribution is 2.13. The van der Waals surface area contributed by atoms with Crippen molar-refractivity contribution in [2.45, 2.75) is 4.90 Å². The van der Waals surface area contributed by atoms with Crippen LogP contribution in [0.1, 0.15) is 10.4 Å². The summed E-state index contributed by atoms with van der Waals surface area (Å²) in [5.41, 5.74) is 1.56. The second-order valence-electron chi connectivity index (χ2n) is 4.20. The Bertz CT molecular complexity index is 826. The lowest BCUT2D eigenvalue weighted by molar-refractivity contribution is 0.0697. The number of carboxylic acid groups (broad SMARTS) is 1. The second-order valence-corrected chi connectivity index (χ2v) is 5.29. The molecule has 0 radical (unpaired) electrons. The molecule has 1 unspecified atom stereocenters. The van der Waals surface area contributed by atoms with Gasteiger partial charge in [-0.15, -0.1) is 0 Å². The number of hydrogen-bond donors (Lipinski definition) is 1. The van der Waals surface area contributed by atoms with E-state index in [0.29, 0.717) is 10.4 Å². The highest BCUT2D eigenvalue weighted by atomic mass is 32.2. The van der Waals surface area contributed by atoms with Crippen molar-refractivity contribution in [3.63, 3.8) is 0 Å². The molecule has 3 aromatic rings. The highest BCUT2D eigenvalue weighted by Gasteiger charge is 2.10. The third kappa shape index (κ3) is 2.63. The van der Waals surface area contributed by atoms with Crippen LogP contribution < -0.4 is 4.28 Å². The fourth-order valence-electron chi connectivity index (χ4n) is 1.82. The largest absolute Gasteiger partial charge is 0.478 e. The number of rotatable bonds is 4. The molecule has 0 aliphatic heterocycles. The SMILES string of the molecule is O=C(O)c1ccc(S(=O)On2cnc3ccccc32)cc1. The number of carboxylic acids is 1. The van der Waals surface area contributed by atoms with Crippen LogP contribution in [0, 0.1) is 0 Å². The van der Waals surface area contributed by atoms with Crippen LogP contribution in [-0.4, -0.2) is 25.0 Å². The molecule has 1 aromatic heterocycles. The zero-order chi connectivity index (χ0) is 14.8. The minimum absolute atomic E-state index is 0.129. The number of nitrogens with zero attached hydrogens (tertiary/aromatic N) is 2. The van der Waals surface area contributed by atoms with Crippen LogP contribution in [-0.2, 0) is 11.1 Å². The van der Waals surface area contributed by atoms with Gasteiger partial charge in [-0.05, 0) is 36.4 Å². The topological polar surface area (TPSA) is 81.4 Å². The van der Waals surface area contributed by atoms with E-state index in [2.05, 4.69) is 4.98 Å². The summed E-state index contributed by atoms with van der Waals surface area (Å²) in [6.45, 7) is 0. The molecule has 3 rings (SSSR count). The monoisotopic (exact) mass is 302 g/mol. The Labute approximate surface area is 122 Å². The van der Waals surface area contributed by atoms with Crippen molar-refractivity contribution < 1.29 is 18.4 Å². The Kier molecular flexibility index (Phi) is 3.41. The highest BCUT2D eigenvalue weighted by molar-refractivity contribution is 7.80. The maximum atomic E-state index is 12.1. The van der Waals surface area contributed by atoms with Gasteiger partial charge in [-0.1, -0.05) is 12.1 Å². The molecule has 1 heterocycles. The molecule has 0 aliphatic rings. The molecule has 0 spiro atoms. The van der Waals surface area contributed by atoms with E-state index in [0.717, 1.165) is 5.52 Å². The smallest absolute Gasteiger partial charge is 0.335 e. The number of hydrogen-bond acceptors (Lipinski definition) is 4. The summed E-state index contributed by atoms with van der Waals surface area (Å²) < 4.78 is 18.8. The van der Waals surface area contributed by atoms with E-state index in [1.807, 2.05) is 18.2 Å². The van der Waals surface area contributed by atoms with Crippen molar-refractivity contribution in [3.8, 4) is 0 Å². The zero-order valence-electron chi connectivity index (χ0n) is 10.7. The number of fused-ring (bicyclic) bond motifs is 1. The first-order valence-electron chi connectivity index (χ1n) is 6.01. The molecule has 0 fully saturated rings. The van der Waals surface area contributed by atoms with E-state index in [1.54, 1.807) is 6.07 Å². The molecule has 1 atom stereocenters. The predicted octanol–water partition coefficient (Wildman–Crippen LogP) is 1.89. The second kappa shape index (κ2) is 5.37. The Morgan fingerprint density at radius 3 is 2.57 bits per heavy atom. The average molecular weight is 302 g/mol. The van der Waals surface area contributed by atoms with Gasteiger partial charge in [0.25, 0.3) is 11.1 Å². The van der Waals surface area contributed by atoms with Crippen LogP contribution in [0.25, 0.3) is 11.0 Å². The minimum Gasteiger partial charge on any atom is -0.478 e. The third-order valence-electron chi connectivity index (χ3n) is 2.86. The first-order valence-corrected chi connectivity index (χ1v) is 7.09. The zero-order valence-corrected chi connectivity index (χ0v) is 11.5. The van der Waals surface area contributed by atoms with Crippen molar-refractivity contribution in [3.05, 3.63) is 60.4 Å².